The predicted octanol–water partition coefficient (Wildman–Crippen LogP) is 1.49. The highest BCUT2D eigenvalue weighted by molar-refractivity contribution is 6.24. The second-order valence-corrected chi connectivity index (χ2v) is 7.55. The van der Waals surface area contributed by atoms with Gasteiger partial charge in [-0.15, -0.1) is 0 Å². The molecule has 0 bridgehead atoms. The molecule has 1 aromatic rings. The number of imide groups is 2. The lowest BCUT2D eigenvalue weighted by atomic mass is 10.0. The number of amides is 6. The summed E-state index contributed by atoms with van der Waals surface area (Å²) in [6.45, 7) is 2.74. The molecule has 1 aromatic carbocycles. The molecule has 152 valence electrons. The number of piperidine rings is 1. The summed E-state index contributed by atoms with van der Waals surface area (Å²) in [6.07, 6.45) is 3.67. The number of hydrogen-bond donors (Lipinski definition) is 2. The fourth-order valence-electron chi connectivity index (χ4n) is 4.26. The fourth-order valence-corrected chi connectivity index (χ4v) is 4.26. The number of carbonyl (C=O) groups is 5. The third-order valence-corrected chi connectivity index (χ3v) is 5.78. The van der Waals surface area contributed by atoms with Gasteiger partial charge in [-0.25, -0.2) is 4.79 Å². The van der Waals surface area contributed by atoms with Crippen LogP contribution >= 0.6 is 0 Å². The lowest BCUT2D eigenvalue weighted by Gasteiger charge is -2.35. The van der Waals surface area contributed by atoms with Crippen LogP contribution in [0.1, 0.15) is 59.7 Å². The molecule has 2 unspecified atom stereocenters. The number of benzene rings is 1. The van der Waals surface area contributed by atoms with Crippen LogP contribution in [0.25, 0.3) is 0 Å². The van der Waals surface area contributed by atoms with Crippen LogP contribution in [0.15, 0.2) is 18.2 Å². The molecule has 0 aromatic heterocycles. The Morgan fingerprint density at radius 1 is 1.14 bits per heavy atom. The summed E-state index contributed by atoms with van der Waals surface area (Å²) in [5.74, 6) is -2.43. The molecule has 9 heteroatoms. The van der Waals surface area contributed by atoms with E-state index in [4.69, 9.17) is 0 Å². The molecule has 2 N–H and O–H groups in total. The zero-order chi connectivity index (χ0) is 20.7. The smallest absolute Gasteiger partial charge is 0.322 e. The highest BCUT2D eigenvalue weighted by Crippen LogP contribution is 2.30. The van der Waals surface area contributed by atoms with Crippen LogP contribution in [0.4, 0.5) is 10.5 Å². The van der Waals surface area contributed by atoms with Gasteiger partial charge in [0.2, 0.25) is 11.8 Å². The monoisotopic (exact) mass is 398 g/mol. The fraction of sp³-hybridized carbons (Fsp3) is 0.450. The minimum absolute atomic E-state index is 0.116. The average Bonchev–Trinajstić information content (AvgIpc) is 3.16. The molecule has 0 saturated carbocycles. The molecule has 0 spiro atoms. The summed E-state index contributed by atoms with van der Waals surface area (Å²) in [5, 5.41) is 4.92. The first kappa shape index (κ1) is 19.1. The molecule has 6 amide bonds. The van der Waals surface area contributed by atoms with Crippen molar-refractivity contribution in [1.29, 1.82) is 0 Å². The highest BCUT2D eigenvalue weighted by Gasteiger charge is 2.46. The van der Waals surface area contributed by atoms with Gasteiger partial charge in [0.05, 0.1) is 17.5 Å². The molecule has 0 aliphatic carbocycles. The quantitative estimate of drug-likeness (QED) is 0.749. The van der Waals surface area contributed by atoms with E-state index in [0.717, 1.165) is 30.6 Å². The zero-order valence-corrected chi connectivity index (χ0v) is 16.1. The third-order valence-electron chi connectivity index (χ3n) is 5.78. The van der Waals surface area contributed by atoms with Crippen molar-refractivity contribution in [3.05, 3.63) is 29.3 Å². The van der Waals surface area contributed by atoms with Gasteiger partial charge in [-0.1, -0.05) is 6.92 Å². The second-order valence-electron chi connectivity index (χ2n) is 7.55. The highest BCUT2D eigenvalue weighted by atomic mass is 16.2. The van der Waals surface area contributed by atoms with Crippen molar-refractivity contribution >= 4 is 35.3 Å². The van der Waals surface area contributed by atoms with E-state index in [2.05, 4.69) is 17.6 Å². The summed E-state index contributed by atoms with van der Waals surface area (Å²) in [7, 11) is 0. The van der Waals surface area contributed by atoms with E-state index < -0.39 is 29.7 Å². The maximum atomic E-state index is 12.8. The van der Waals surface area contributed by atoms with Gasteiger partial charge in [0.25, 0.3) is 11.8 Å². The number of rotatable bonds is 3. The maximum Gasteiger partial charge on any atom is 0.322 e. The Labute approximate surface area is 167 Å². The van der Waals surface area contributed by atoms with Crippen molar-refractivity contribution < 1.29 is 24.0 Å². The van der Waals surface area contributed by atoms with Crippen LogP contribution in [-0.4, -0.2) is 58.1 Å². The number of anilines is 1. The Kier molecular flexibility index (Phi) is 4.81. The van der Waals surface area contributed by atoms with Crippen molar-refractivity contribution in [3.8, 4) is 0 Å². The number of fused-ring (bicyclic) bond motifs is 1. The van der Waals surface area contributed by atoms with E-state index in [9.17, 15) is 24.0 Å². The van der Waals surface area contributed by atoms with Gasteiger partial charge in [0, 0.05) is 18.3 Å². The molecule has 3 aliphatic heterocycles. The lowest BCUT2D eigenvalue weighted by Crippen LogP contribution is -2.45. The van der Waals surface area contributed by atoms with E-state index in [1.807, 2.05) is 4.90 Å². The van der Waals surface area contributed by atoms with Gasteiger partial charge in [-0.3, -0.25) is 29.4 Å². The number of likely N-dealkylation sites (tertiary alicyclic amines) is 1. The Morgan fingerprint density at radius 2 is 1.90 bits per heavy atom. The molecule has 0 radical (unpaired) electrons. The van der Waals surface area contributed by atoms with Crippen molar-refractivity contribution in [2.75, 3.05) is 11.9 Å². The maximum absolute atomic E-state index is 12.8. The standard InChI is InChI=1S/C20H22N4O5/c1-2-12-5-3-4-8-23(12)20(29)21-11-6-7-13-14(9-11)19(28)24(18(13)27)15-10-16(25)22-17(15)26/h6-7,9,12,15H,2-5,8,10H2,1H3,(H,21,29)(H,22,25,26). The summed E-state index contributed by atoms with van der Waals surface area (Å²) in [4.78, 5) is 64.1. The van der Waals surface area contributed by atoms with Crippen molar-refractivity contribution in [2.24, 2.45) is 0 Å². The lowest BCUT2D eigenvalue weighted by molar-refractivity contribution is -0.125. The predicted molar refractivity (Wildman–Crippen MR) is 102 cm³/mol. The van der Waals surface area contributed by atoms with Crippen LogP contribution in [0.5, 0.6) is 0 Å². The second kappa shape index (κ2) is 7.31. The van der Waals surface area contributed by atoms with E-state index in [1.165, 1.54) is 12.1 Å². The molecule has 3 heterocycles. The third kappa shape index (κ3) is 3.26. The number of carbonyl (C=O) groups excluding carboxylic acids is 5. The Bertz CT molecular complexity index is 927. The summed E-state index contributed by atoms with van der Waals surface area (Å²) < 4.78 is 0. The molecule has 9 nitrogen and oxygen atoms in total. The average molecular weight is 398 g/mol. The number of hydrogen-bond acceptors (Lipinski definition) is 5. The van der Waals surface area contributed by atoms with Gasteiger partial charge in [-0.2, -0.15) is 0 Å². The zero-order valence-electron chi connectivity index (χ0n) is 16.1. The minimum Gasteiger partial charge on any atom is -0.322 e. The first-order chi connectivity index (χ1) is 13.9. The van der Waals surface area contributed by atoms with Crippen LogP contribution < -0.4 is 10.6 Å². The minimum atomic E-state index is -1.13. The van der Waals surface area contributed by atoms with E-state index in [1.54, 1.807) is 6.07 Å². The molecule has 29 heavy (non-hydrogen) atoms. The number of urea groups is 1. The SMILES string of the molecule is CCC1CCCCN1C(=O)Nc1ccc2c(c1)C(=O)N(C1CC(=O)NC1=O)C2=O. The Morgan fingerprint density at radius 3 is 2.59 bits per heavy atom. The largest absolute Gasteiger partial charge is 0.322 e. The molecule has 2 atom stereocenters. The van der Waals surface area contributed by atoms with Crippen LogP contribution in [0, 0.1) is 0 Å². The molecule has 2 fully saturated rings. The number of nitrogens with one attached hydrogen (secondary N) is 2. The van der Waals surface area contributed by atoms with Gasteiger partial charge in [0.15, 0.2) is 0 Å². The molecular weight excluding hydrogens is 376 g/mol. The first-order valence-electron chi connectivity index (χ1n) is 9.84. The van der Waals surface area contributed by atoms with Crippen molar-refractivity contribution in [2.45, 2.75) is 51.1 Å². The number of nitrogens with zero attached hydrogens (tertiary/aromatic N) is 2. The van der Waals surface area contributed by atoms with Crippen molar-refractivity contribution in [1.82, 2.24) is 15.1 Å². The Balaban J connectivity index is 1.54. The van der Waals surface area contributed by atoms with Gasteiger partial charge in [0.1, 0.15) is 6.04 Å². The van der Waals surface area contributed by atoms with E-state index >= 15 is 0 Å². The van der Waals surface area contributed by atoms with Gasteiger partial charge in [-0.05, 0) is 43.9 Å². The van der Waals surface area contributed by atoms with Crippen LogP contribution in [0.2, 0.25) is 0 Å². The van der Waals surface area contributed by atoms with Crippen LogP contribution in [0.3, 0.4) is 0 Å². The molecule has 3 aliphatic rings. The van der Waals surface area contributed by atoms with Crippen LogP contribution in [-0.2, 0) is 9.59 Å². The van der Waals surface area contributed by atoms with Gasteiger partial charge >= 0.3 is 6.03 Å². The molecule has 2 saturated heterocycles. The molecular formula is C20H22N4O5. The van der Waals surface area contributed by atoms with Gasteiger partial charge < -0.3 is 10.2 Å². The summed E-state index contributed by atoms with van der Waals surface area (Å²) in [5.41, 5.74) is 0.680. The first-order valence-corrected chi connectivity index (χ1v) is 9.84. The Hall–Kier alpha value is -3.23. The summed E-state index contributed by atoms with van der Waals surface area (Å²) >= 11 is 0. The van der Waals surface area contributed by atoms with Crippen molar-refractivity contribution in [3.63, 3.8) is 0 Å². The summed E-state index contributed by atoms with van der Waals surface area (Å²) in [6, 6.07) is 3.31. The normalized spacial score (nSPS) is 24.0. The topological polar surface area (TPSA) is 116 Å². The molecule has 4 rings (SSSR count). The van der Waals surface area contributed by atoms with E-state index in [0.29, 0.717) is 12.2 Å². The van der Waals surface area contributed by atoms with E-state index in [-0.39, 0.29) is 29.6 Å².